The van der Waals surface area contributed by atoms with Gasteiger partial charge in [0.2, 0.25) is 64.8 Å². The Hall–Kier alpha value is -6.21. The smallest absolute Gasteiger partial charge is 0.276 e. The van der Waals surface area contributed by atoms with Crippen LogP contribution >= 0.6 is 0 Å². The van der Waals surface area contributed by atoms with Gasteiger partial charge in [-0.15, -0.1) is 0 Å². The van der Waals surface area contributed by atoms with Gasteiger partial charge in [0.15, 0.2) is 0 Å². The predicted molar refractivity (Wildman–Crippen MR) is 340 cm³/mol. The Morgan fingerprint density at radius 2 is 1.00 bits per heavy atom. The number of ether oxygens (including phenoxy) is 1. The van der Waals surface area contributed by atoms with Crippen molar-refractivity contribution in [3.8, 4) is 0 Å². The maximum atomic E-state index is 15.8. The van der Waals surface area contributed by atoms with E-state index < -0.39 is 169 Å². The molecule has 1 saturated heterocycles. The third-order valence-electron chi connectivity index (χ3n) is 16.7. The lowest BCUT2D eigenvalue weighted by atomic mass is 9.89. The lowest BCUT2D eigenvalue weighted by molar-refractivity contribution is -0.210. The summed E-state index contributed by atoms with van der Waals surface area (Å²) in [6, 6.07) is -11.7. The van der Waals surface area contributed by atoms with Crippen molar-refractivity contribution in [2.75, 3.05) is 69.1 Å². The van der Waals surface area contributed by atoms with E-state index in [0.717, 1.165) is 14.7 Å². The number of nitrogens with one attached hydrogen (secondary N) is 4. The molecule has 1 aliphatic rings. The highest BCUT2D eigenvalue weighted by molar-refractivity contribution is 6.00. The SMILES string of the molecule is C/C=C/C[C@@H](C)[C@@H](O)[C@H]1C(=O)N[C@@H](CC)C(=O)N(C)CC(=O)N(C)[C@@H](CC(C)C)C(=O)N[C@@H](C(C)C)C(=O)N(C)[C@@H](CC(C)C)C(=O)N[C@@H](C)C(=O)N[C@H](C)C(=O)N(C)[C@@H](CC(C)C)C(=O)N(C)[C@@H](CC(C)C)C(=O)N(C)[C@](OCCO)(C(C)C)C(=O)N1C. The first-order valence-electron chi connectivity index (χ1n) is 31.8. The molecule has 0 aromatic heterocycles. The Morgan fingerprint density at radius 1 is 0.551 bits per heavy atom. The molecule has 0 radical (unpaired) electrons. The molecule has 0 saturated carbocycles. The number of rotatable bonds is 18. The Bertz CT molecular complexity index is 2440. The van der Waals surface area contributed by atoms with Crippen LogP contribution in [0.2, 0.25) is 0 Å². The molecule has 1 fully saturated rings. The second-order valence-electron chi connectivity index (χ2n) is 26.7. The molecular weight excluding hydrogens is 1150 g/mol. The molecule has 1 aliphatic heterocycles. The van der Waals surface area contributed by atoms with Gasteiger partial charge in [-0.1, -0.05) is 109 Å². The van der Waals surface area contributed by atoms with Crippen LogP contribution in [0.15, 0.2) is 12.2 Å². The van der Waals surface area contributed by atoms with E-state index in [1.165, 1.54) is 82.8 Å². The Morgan fingerprint density at radius 3 is 1.46 bits per heavy atom. The van der Waals surface area contributed by atoms with Gasteiger partial charge in [-0.05, 0) is 94.8 Å². The number of carbonyl (C=O) groups excluding carboxylic acids is 11. The maximum Gasteiger partial charge on any atom is 0.276 e. The molecule has 0 aromatic carbocycles. The van der Waals surface area contributed by atoms with Gasteiger partial charge in [-0.25, -0.2) is 0 Å². The fourth-order valence-electron chi connectivity index (χ4n) is 11.1. The molecule has 0 spiro atoms. The third-order valence-corrected chi connectivity index (χ3v) is 16.7. The molecule has 1 heterocycles. The van der Waals surface area contributed by atoms with Gasteiger partial charge in [-0.3, -0.25) is 52.7 Å². The number of aliphatic hydroxyl groups excluding tert-OH is 2. The van der Waals surface area contributed by atoms with Gasteiger partial charge in [-0.2, -0.15) is 0 Å². The Labute approximate surface area is 531 Å². The largest absolute Gasteiger partial charge is 0.394 e. The van der Waals surface area contributed by atoms with Crippen molar-refractivity contribution in [1.82, 2.24) is 55.6 Å². The monoisotopic (exact) mass is 1260 g/mol. The van der Waals surface area contributed by atoms with E-state index >= 15 is 19.2 Å². The van der Waals surface area contributed by atoms with Crippen LogP contribution in [-0.4, -0.2) is 245 Å². The van der Waals surface area contributed by atoms with E-state index in [4.69, 9.17) is 4.74 Å². The van der Waals surface area contributed by atoms with Crippen LogP contribution < -0.4 is 21.3 Å². The topological polar surface area (TPSA) is 308 Å². The molecule has 0 aromatic rings. The summed E-state index contributed by atoms with van der Waals surface area (Å²) >= 11 is 0. The van der Waals surface area contributed by atoms with E-state index in [-0.39, 0.29) is 62.2 Å². The van der Waals surface area contributed by atoms with Crippen molar-refractivity contribution >= 4 is 65.0 Å². The molecule has 0 aliphatic carbocycles. The summed E-state index contributed by atoms with van der Waals surface area (Å²) < 4.78 is 6.34. The second-order valence-corrected chi connectivity index (χ2v) is 26.7. The molecule has 1 rings (SSSR count). The average Bonchev–Trinajstić information content (AvgIpc) is 0.791. The standard InChI is InChI=1S/C64H115N11O14/c1-25-27-28-42(15)53(78)52-57(82)67-45(26-2)59(84)69(18)35-50(77)70(19)46(31-36(3)4)56(81)68-51(40(11)12)62(87)71(20)47(32-37(5)6)55(80)65-43(16)54(79)66-44(17)58(83)72(21)48(33-38(7)8)60(85)73(22)49(34-39(9)10)61(86)75(24)64(41(13)14,89-30-29-76)63(88)74(52)23/h25,27,36-49,51-53,76,78H,26,28-35H2,1-24H3,(H,65,80)(H,66,79)(H,67,82)(H,68,81)/b27-25+/t42-,43+,44-,45+,46+,47+,48+,49+,51+,52+,53-,64+/m1/s1. The summed E-state index contributed by atoms with van der Waals surface area (Å²) in [5.74, 6) is -11.2. The number of hydrogen-bond acceptors (Lipinski definition) is 14. The van der Waals surface area contributed by atoms with Gasteiger partial charge in [0.05, 0.1) is 25.9 Å². The van der Waals surface area contributed by atoms with Crippen molar-refractivity contribution in [1.29, 1.82) is 0 Å². The zero-order chi connectivity index (χ0) is 69.0. The van der Waals surface area contributed by atoms with E-state index in [9.17, 15) is 43.8 Å². The number of allylic oxidation sites excluding steroid dienone is 2. The average molecular weight is 1260 g/mol. The minimum Gasteiger partial charge on any atom is -0.394 e. The summed E-state index contributed by atoms with van der Waals surface area (Å²) in [4.78, 5) is 170. The lowest BCUT2D eigenvalue weighted by Gasteiger charge is -2.48. The summed E-state index contributed by atoms with van der Waals surface area (Å²) in [5, 5.41) is 33.5. The maximum absolute atomic E-state index is 15.8. The molecule has 0 unspecified atom stereocenters. The summed E-state index contributed by atoms with van der Waals surface area (Å²) in [7, 11) is 9.55. The van der Waals surface area contributed by atoms with E-state index in [1.807, 2.05) is 55.4 Å². The fraction of sp³-hybridized carbons (Fsp3) is 0.797. The molecule has 0 bridgehead atoms. The summed E-state index contributed by atoms with van der Waals surface area (Å²) in [6.45, 7) is 27.6. The van der Waals surface area contributed by atoms with Gasteiger partial charge in [0.25, 0.3) is 5.91 Å². The molecule has 25 nitrogen and oxygen atoms in total. The molecular formula is C64H115N11O14. The van der Waals surface area contributed by atoms with Crippen molar-refractivity contribution in [2.45, 2.75) is 222 Å². The van der Waals surface area contributed by atoms with Crippen LogP contribution in [0.25, 0.3) is 0 Å². The Balaban J connectivity index is 4.50. The molecule has 25 heteroatoms. The first kappa shape index (κ1) is 80.8. The van der Waals surface area contributed by atoms with Gasteiger partial charge in [0.1, 0.15) is 54.4 Å². The number of amides is 11. The van der Waals surface area contributed by atoms with E-state index in [1.54, 1.807) is 60.6 Å². The van der Waals surface area contributed by atoms with Crippen LogP contribution in [0.1, 0.15) is 156 Å². The molecule has 510 valence electrons. The van der Waals surface area contributed by atoms with Gasteiger partial charge < -0.3 is 70.5 Å². The number of carbonyl (C=O) groups is 11. The number of nitrogens with zero attached hydrogens (tertiary/aromatic N) is 7. The molecule has 89 heavy (non-hydrogen) atoms. The van der Waals surface area contributed by atoms with Crippen LogP contribution in [0.4, 0.5) is 0 Å². The summed E-state index contributed by atoms with van der Waals surface area (Å²) in [5.41, 5.74) is -2.35. The van der Waals surface area contributed by atoms with Crippen molar-refractivity contribution in [2.24, 2.45) is 41.4 Å². The highest BCUT2D eigenvalue weighted by Crippen LogP contribution is 2.33. The van der Waals surface area contributed by atoms with Crippen molar-refractivity contribution in [3.63, 3.8) is 0 Å². The van der Waals surface area contributed by atoms with Gasteiger partial charge in [0, 0.05) is 55.3 Å². The number of likely N-dealkylation sites (N-methyl/N-ethyl adjacent to an activating group) is 7. The second kappa shape index (κ2) is 36.6. The van der Waals surface area contributed by atoms with E-state index in [2.05, 4.69) is 21.3 Å². The summed E-state index contributed by atoms with van der Waals surface area (Å²) in [6.07, 6.45) is 2.53. The molecule has 12 atom stereocenters. The highest BCUT2D eigenvalue weighted by Gasteiger charge is 2.55. The van der Waals surface area contributed by atoms with Crippen LogP contribution in [-0.2, 0) is 57.5 Å². The Kier molecular flexibility index (Phi) is 33.2. The first-order chi connectivity index (χ1) is 41.1. The quantitative estimate of drug-likeness (QED) is 0.108. The van der Waals surface area contributed by atoms with Crippen LogP contribution in [0.3, 0.4) is 0 Å². The first-order valence-corrected chi connectivity index (χ1v) is 31.8. The zero-order valence-electron chi connectivity index (χ0n) is 58.3. The predicted octanol–water partition coefficient (Wildman–Crippen LogP) is 2.61. The van der Waals surface area contributed by atoms with Crippen molar-refractivity contribution < 1.29 is 67.7 Å². The molecule has 11 amide bonds. The fourth-order valence-corrected chi connectivity index (χ4v) is 11.1. The number of hydrogen-bond donors (Lipinski definition) is 6. The highest BCUT2D eigenvalue weighted by atomic mass is 16.5. The van der Waals surface area contributed by atoms with Gasteiger partial charge >= 0.3 is 0 Å². The number of aliphatic hydroxyl groups is 2. The van der Waals surface area contributed by atoms with Crippen molar-refractivity contribution in [3.05, 3.63) is 12.2 Å². The minimum absolute atomic E-state index is 0.0318. The van der Waals surface area contributed by atoms with Crippen LogP contribution in [0, 0.1) is 41.4 Å². The lowest BCUT2D eigenvalue weighted by Crippen LogP contribution is -2.70. The van der Waals surface area contributed by atoms with Crippen LogP contribution in [0.5, 0.6) is 0 Å². The third kappa shape index (κ3) is 21.7. The normalized spacial score (nSPS) is 27.1. The van der Waals surface area contributed by atoms with E-state index in [0.29, 0.717) is 0 Å². The zero-order valence-corrected chi connectivity index (χ0v) is 58.3. The molecule has 6 N–H and O–H groups in total. The minimum atomic E-state index is -2.35.